The number of carboxylic acid groups (broad SMARTS) is 1. The Morgan fingerprint density at radius 3 is 2.24 bits per heavy atom. The number of aryl methyl sites for hydroxylation is 1. The Kier molecular flexibility index (Phi) is 9.09. The fourth-order valence-corrected chi connectivity index (χ4v) is 5.83. The van der Waals surface area contributed by atoms with Gasteiger partial charge in [-0.2, -0.15) is 4.98 Å². The van der Waals surface area contributed by atoms with Crippen molar-refractivity contribution in [1.29, 1.82) is 0 Å². The number of carbonyl (C=O) groups excluding carboxylic acids is 2. The number of aromatic nitrogens is 3. The molecule has 2 amide bonds. The average molecular weight is 602 g/mol. The van der Waals surface area contributed by atoms with Crippen LogP contribution in [0.5, 0.6) is 0 Å². The number of aromatic carboxylic acids is 1. The number of rotatable bonds is 6. The molecule has 12 nitrogen and oxygen atoms in total. The number of nitrogens with one attached hydrogen (secondary N) is 3. The van der Waals surface area contributed by atoms with E-state index in [1.54, 1.807) is 6.92 Å². The van der Waals surface area contributed by atoms with Gasteiger partial charge in [0.15, 0.2) is 5.69 Å². The van der Waals surface area contributed by atoms with Crippen molar-refractivity contribution in [3.63, 3.8) is 0 Å². The van der Waals surface area contributed by atoms with Crippen molar-refractivity contribution in [2.45, 2.75) is 58.2 Å². The van der Waals surface area contributed by atoms with Crippen LogP contribution in [-0.4, -0.2) is 81.9 Å². The summed E-state index contributed by atoms with van der Waals surface area (Å²) in [6.45, 7) is 9.58. The van der Waals surface area contributed by atoms with Crippen LogP contribution in [0, 0.1) is 18.8 Å². The molecule has 1 saturated carbocycles. The number of carboxylic acids is 1. The molecule has 5 rings (SSSR count). The first-order chi connectivity index (χ1) is 18.8. The molecule has 1 aliphatic carbocycles. The van der Waals surface area contributed by atoms with E-state index in [1.165, 1.54) is 6.07 Å². The molecule has 0 spiro atoms. The maximum atomic E-state index is 12.7. The molecular formula is C26H34Cl2LiN7O5. The minimum Gasteiger partial charge on any atom is -1.00 e. The van der Waals surface area contributed by atoms with Crippen LogP contribution in [0.3, 0.4) is 0 Å². The number of nitrogens with zero attached hydrogens (tertiary/aromatic N) is 4. The van der Waals surface area contributed by atoms with Crippen molar-refractivity contribution in [2.75, 3.05) is 36.0 Å². The van der Waals surface area contributed by atoms with Gasteiger partial charge in [-0.15, -0.1) is 0 Å². The molecule has 3 fully saturated rings. The van der Waals surface area contributed by atoms with E-state index < -0.39 is 17.7 Å². The summed E-state index contributed by atoms with van der Waals surface area (Å²) in [4.78, 5) is 52.6. The summed E-state index contributed by atoms with van der Waals surface area (Å²) >= 11 is 12.3. The summed E-state index contributed by atoms with van der Waals surface area (Å²) in [5.41, 5.74) is 0.240. The van der Waals surface area contributed by atoms with Gasteiger partial charge >= 0.3 is 30.9 Å². The van der Waals surface area contributed by atoms with Crippen LogP contribution < -0.4 is 39.3 Å². The molecule has 2 saturated heterocycles. The summed E-state index contributed by atoms with van der Waals surface area (Å²) in [5, 5.41) is 16.2. The Morgan fingerprint density at radius 2 is 1.71 bits per heavy atom. The van der Waals surface area contributed by atoms with Crippen LogP contribution in [0.15, 0.2) is 6.07 Å². The standard InChI is InChI=1S/C26H33Cl2N7O5.Li.H/c1-12-18(27)19(28)21(29-12)22(36)33-20-14-10-35(11-15(14)20)17-9-16(23(37)38)31-24(32-17)34-7-5-13(6-8-34)30-25(39)40-26(2,3)4;;/h9,13-15,20,29H,5-8,10-11H2,1-4H3,(H,30,39)(H,33,36)(H,37,38);;/q;+1;-1/t14-,15+,20?;;. The van der Waals surface area contributed by atoms with Gasteiger partial charge in [-0.25, -0.2) is 14.6 Å². The van der Waals surface area contributed by atoms with Crippen molar-refractivity contribution in [1.82, 2.24) is 25.6 Å². The summed E-state index contributed by atoms with van der Waals surface area (Å²) < 4.78 is 5.35. The number of alkyl carbamates (subject to hydrolysis) is 1. The Labute approximate surface area is 261 Å². The molecule has 3 aliphatic rings. The second-order valence-corrected chi connectivity index (χ2v) is 12.4. The summed E-state index contributed by atoms with van der Waals surface area (Å²) in [6, 6.07) is 1.44. The minimum absolute atomic E-state index is 0. The average Bonchev–Trinajstić information content (AvgIpc) is 3.18. The fourth-order valence-electron chi connectivity index (χ4n) is 5.41. The van der Waals surface area contributed by atoms with Gasteiger partial charge in [0.25, 0.3) is 5.91 Å². The van der Waals surface area contributed by atoms with E-state index in [1.807, 2.05) is 30.6 Å². The maximum Gasteiger partial charge on any atom is 1.00 e. The topological polar surface area (TPSA) is 153 Å². The van der Waals surface area contributed by atoms with Crippen LogP contribution in [-0.2, 0) is 4.74 Å². The number of piperidine rings is 2. The first-order valence-corrected chi connectivity index (χ1v) is 14.0. The molecular weight excluding hydrogens is 568 g/mol. The van der Waals surface area contributed by atoms with Gasteiger partial charge in [0, 0.05) is 61.9 Å². The van der Waals surface area contributed by atoms with Crippen LogP contribution in [0.4, 0.5) is 16.6 Å². The molecule has 1 unspecified atom stereocenters. The molecule has 2 aromatic heterocycles. The zero-order valence-corrected chi connectivity index (χ0v) is 25.3. The van der Waals surface area contributed by atoms with Crippen LogP contribution in [0.1, 0.15) is 61.7 Å². The largest absolute Gasteiger partial charge is 1.00 e. The molecule has 218 valence electrons. The van der Waals surface area contributed by atoms with Gasteiger partial charge in [-0.1, -0.05) is 23.2 Å². The Hall–Kier alpha value is -2.65. The number of halogens is 2. The van der Waals surface area contributed by atoms with Crippen molar-refractivity contribution in [3.05, 3.63) is 33.2 Å². The quantitative estimate of drug-likeness (QED) is 0.348. The van der Waals surface area contributed by atoms with Gasteiger partial charge in [0.1, 0.15) is 17.1 Å². The van der Waals surface area contributed by atoms with E-state index in [-0.39, 0.29) is 66.5 Å². The van der Waals surface area contributed by atoms with Crippen molar-refractivity contribution < 1.29 is 44.5 Å². The number of H-pyrrole nitrogens is 1. The number of carbonyl (C=O) groups is 3. The third-order valence-corrected chi connectivity index (χ3v) is 8.46. The minimum atomic E-state index is -1.13. The van der Waals surface area contributed by atoms with E-state index in [4.69, 9.17) is 32.9 Å². The molecule has 0 radical (unpaired) electrons. The molecule has 4 N–H and O–H groups in total. The second-order valence-electron chi connectivity index (χ2n) is 11.6. The van der Waals surface area contributed by atoms with Gasteiger partial charge < -0.3 is 36.7 Å². The third kappa shape index (κ3) is 6.88. The molecule has 2 aliphatic heterocycles. The van der Waals surface area contributed by atoms with Crippen molar-refractivity contribution in [2.24, 2.45) is 11.8 Å². The second kappa shape index (κ2) is 11.9. The van der Waals surface area contributed by atoms with Gasteiger partial charge in [0.2, 0.25) is 5.95 Å². The number of aromatic amines is 1. The maximum absolute atomic E-state index is 12.7. The fraction of sp³-hybridized carbons (Fsp3) is 0.577. The summed E-state index contributed by atoms with van der Waals surface area (Å²) in [6.07, 6.45) is 0.856. The molecule has 2 aromatic rings. The summed E-state index contributed by atoms with van der Waals surface area (Å²) in [7, 11) is 0. The number of hydrogen-bond acceptors (Lipinski definition) is 8. The zero-order valence-electron chi connectivity index (χ0n) is 24.8. The molecule has 4 heterocycles. The first kappa shape index (κ1) is 31.3. The van der Waals surface area contributed by atoms with Gasteiger partial charge in [0.05, 0.1) is 10.0 Å². The number of ether oxygens (including phenoxy) is 1. The predicted octanol–water partition coefficient (Wildman–Crippen LogP) is 0.593. The third-order valence-electron chi connectivity index (χ3n) is 7.52. The zero-order chi connectivity index (χ0) is 28.9. The van der Waals surface area contributed by atoms with Crippen LogP contribution in [0.25, 0.3) is 0 Å². The molecule has 41 heavy (non-hydrogen) atoms. The van der Waals surface area contributed by atoms with E-state index in [0.29, 0.717) is 61.5 Å². The number of fused-ring (bicyclic) bond motifs is 1. The first-order valence-electron chi connectivity index (χ1n) is 13.3. The van der Waals surface area contributed by atoms with E-state index in [9.17, 15) is 19.5 Å². The Balaban J connectivity index is 0.00000242. The monoisotopic (exact) mass is 601 g/mol. The molecule has 0 aromatic carbocycles. The van der Waals surface area contributed by atoms with E-state index in [2.05, 4.69) is 20.6 Å². The van der Waals surface area contributed by atoms with Gasteiger partial charge in [-0.3, -0.25) is 4.79 Å². The summed E-state index contributed by atoms with van der Waals surface area (Å²) in [5.74, 6) is -0.0925. The van der Waals surface area contributed by atoms with Crippen molar-refractivity contribution >= 4 is 52.9 Å². The normalized spacial score (nSPS) is 22.0. The van der Waals surface area contributed by atoms with Crippen LogP contribution in [0.2, 0.25) is 10.0 Å². The number of hydrogen-bond donors (Lipinski definition) is 4. The van der Waals surface area contributed by atoms with Gasteiger partial charge in [-0.05, 0) is 40.5 Å². The molecule has 15 heteroatoms. The SMILES string of the molecule is Cc1[nH]c(C(=O)NC2[C@H]3CN(c4cc(C(=O)O)nc(N5CCC(NC(=O)OC(C)(C)C)CC5)n4)C[C@@H]23)c(Cl)c1Cl.[H-].[Li+]. The Morgan fingerprint density at radius 1 is 1.07 bits per heavy atom. The number of amides is 2. The molecule has 3 atom stereocenters. The Bertz CT molecular complexity index is 1340. The van der Waals surface area contributed by atoms with E-state index in [0.717, 1.165) is 0 Å². The molecule has 0 bridgehead atoms. The number of anilines is 2. The van der Waals surface area contributed by atoms with Crippen molar-refractivity contribution in [3.8, 4) is 0 Å². The predicted molar refractivity (Wildman–Crippen MR) is 151 cm³/mol. The van der Waals surface area contributed by atoms with E-state index >= 15 is 0 Å². The smallest absolute Gasteiger partial charge is 1.00 e. The van der Waals surface area contributed by atoms with Crippen LogP contribution >= 0.6 is 23.2 Å².